The lowest BCUT2D eigenvalue weighted by Gasteiger charge is -2.12. The van der Waals surface area contributed by atoms with Crippen LogP contribution in [0, 0.1) is 6.92 Å². The Kier molecular flexibility index (Phi) is 4.27. The van der Waals surface area contributed by atoms with E-state index in [1.54, 1.807) is 0 Å². The molecule has 0 aliphatic heterocycles. The van der Waals surface area contributed by atoms with Crippen molar-refractivity contribution in [2.24, 2.45) is 7.05 Å². The fourth-order valence-corrected chi connectivity index (χ4v) is 4.04. The number of nitrogens with zero attached hydrogens (tertiary/aromatic N) is 2. The fraction of sp³-hybridized carbons (Fsp3) is 0.269. The first-order chi connectivity index (χ1) is 13.7. The molecular weight excluding hydrogens is 340 g/mol. The maximum Gasteiger partial charge on any atom is 0.294 e. The van der Waals surface area contributed by atoms with E-state index in [4.69, 9.17) is 1.37 Å². The first kappa shape index (κ1) is 17.2. The lowest BCUT2D eigenvalue weighted by atomic mass is 9.99. The average Bonchev–Trinajstić information content (AvgIpc) is 3.06. The van der Waals surface area contributed by atoms with Gasteiger partial charge in [0.15, 0.2) is 0 Å². The molecule has 2 heterocycles. The van der Waals surface area contributed by atoms with Gasteiger partial charge in [-0.1, -0.05) is 50.3 Å². The van der Waals surface area contributed by atoms with Gasteiger partial charge in [0.25, 0.3) is 5.82 Å². The normalized spacial score (nSPS) is 13.4. The molecule has 0 aliphatic rings. The molecule has 0 amide bonds. The van der Waals surface area contributed by atoms with E-state index in [9.17, 15) is 0 Å². The summed E-state index contributed by atoms with van der Waals surface area (Å²) in [5.41, 5.74) is 6.00. The van der Waals surface area contributed by atoms with Crippen molar-refractivity contribution in [2.45, 2.75) is 40.5 Å². The van der Waals surface area contributed by atoms with Crippen molar-refractivity contribution in [3.8, 4) is 5.82 Å². The Morgan fingerprint density at radius 2 is 1.89 bits per heavy atom. The van der Waals surface area contributed by atoms with E-state index in [-0.39, 0.29) is 0 Å². The number of fused-ring (bicyclic) bond motifs is 2. The van der Waals surface area contributed by atoms with E-state index < -0.39 is 5.89 Å². The maximum atomic E-state index is 8.42. The number of aryl methyl sites for hydroxylation is 2. The third-order valence-electron chi connectivity index (χ3n) is 5.76. The molecule has 0 N–H and O–H groups in total. The first-order valence-corrected chi connectivity index (χ1v) is 9.90. The maximum absolute atomic E-state index is 8.42. The first-order valence-electron chi connectivity index (χ1n) is 10.4. The van der Waals surface area contributed by atoms with E-state index in [0.29, 0.717) is 0 Å². The minimum atomic E-state index is -0.615. The van der Waals surface area contributed by atoms with Crippen LogP contribution in [0.4, 0.5) is 0 Å². The number of aromatic nitrogens is 2. The highest BCUT2D eigenvalue weighted by atomic mass is 15.1. The number of rotatable bonds is 3. The van der Waals surface area contributed by atoms with Gasteiger partial charge in [-0.3, -0.25) is 0 Å². The largest absolute Gasteiger partial charge is 0.294 e. The van der Waals surface area contributed by atoms with Crippen LogP contribution < -0.4 is 4.57 Å². The molecule has 0 aliphatic carbocycles. The molecule has 0 fully saturated rings. The Hall–Kier alpha value is -2.87. The standard InChI is InChI=1S/C26H29N2/c1-7-18(4)24-16-22-10-8-9-19(5)25(22)28(24)26-23-12-11-20(17(2)3)15-21(23)13-14-27(26)6/h7-17H,1-6H3/q+1/i17D. The van der Waals surface area contributed by atoms with Crippen LogP contribution in [0.5, 0.6) is 0 Å². The summed E-state index contributed by atoms with van der Waals surface area (Å²) < 4.78 is 13.0. The van der Waals surface area contributed by atoms with Crippen molar-refractivity contribution < 1.29 is 5.94 Å². The number of para-hydroxylation sites is 1. The summed E-state index contributed by atoms with van der Waals surface area (Å²) in [6.07, 6.45) is 4.29. The van der Waals surface area contributed by atoms with Gasteiger partial charge in [-0.05, 0) is 67.0 Å². The second-order valence-electron chi connectivity index (χ2n) is 7.90. The summed E-state index contributed by atoms with van der Waals surface area (Å²) in [5.74, 6) is 0.535. The summed E-state index contributed by atoms with van der Waals surface area (Å²) in [4.78, 5) is 0. The molecule has 0 saturated heterocycles. The van der Waals surface area contributed by atoms with E-state index in [0.717, 1.165) is 16.8 Å². The molecule has 2 heteroatoms. The van der Waals surface area contributed by atoms with Crippen LogP contribution >= 0.6 is 0 Å². The molecule has 0 spiro atoms. The zero-order valence-corrected chi connectivity index (χ0v) is 17.7. The highest BCUT2D eigenvalue weighted by Crippen LogP contribution is 2.33. The van der Waals surface area contributed by atoms with Crippen LogP contribution in [-0.2, 0) is 7.05 Å². The quantitative estimate of drug-likeness (QED) is 0.366. The van der Waals surface area contributed by atoms with Gasteiger partial charge in [0, 0.05) is 6.76 Å². The number of allylic oxidation sites excluding steroid dienone is 2. The van der Waals surface area contributed by atoms with Crippen molar-refractivity contribution in [1.82, 2.24) is 4.57 Å². The molecule has 0 atom stereocenters. The van der Waals surface area contributed by atoms with E-state index >= 15 is 0 Å². The summed E-state index contributed by atoms with van der Waals surface area (Å²) in [6, 6.07) is 17.4. The number of hydrogen-bond acceptors (Lipinski definition) is 0. The Bertz CT molecular complexity index is 1270. The Morgan fingerprint density at radius 1 is 1.11 bits per heavy atom. The topological polar surface area (TPSA) is 8.81 Å². The number of benzene rings is 2. The second kappa shape index (κ2) is 6.94. The summed E-state index contributed by atoms with van der Waals surface area (Å²) >= 11 is 0. The molecule has 2 aromatic heterocycles. The van der Waals surface area contributed by atoms with E-state index in [1.165, 1.54) is 33.1 Å². The van der Waals surface area contributed by atoms with Gasteiger partial charge in [-0.2, -0.15) is 4.57 Å². The predicted molar refractivity (Wildman–Crippen MR) is 120 cm³/mol. The predicted octanol–water partition coefficient (Wildman–Crippen LogP) is 6.46. The molecule has 0 radical (unpaired) electrons. The van der Waals surface area contributed by atoms with Crippen LogP contribution in [0.15, 0.2) is 60.8 Å². The molecule has 2 nitrogen and oxygen atoms in total. The molecule has 2 aromatic carbocycles. The highest BCUT2D eigenvalue weighted by Gasteiger charge is 2.24. The van der Waals surface area contributed by atoms with E-state index in [1.807, 2.05) is 13.8 Å². The molecule has 28 heavy (non-hydrogen) atoms. The van der Waals surface area contributed by atoms with Crippen LogP contribution in [0.25, 0.3) is 33.1 Å². The summed E-state index contributed by atoms with van der Waals surface area (Å²) in [7, 11) is 2.11. The fourth-order valence-electron chi connectivity index (χ4n) is 4.04. The van der Waals surface area contributed by atoms with Gasteiger partial charge in [-0.25, -0.2) is 4.57 Å². The number of hydrogen-bond donors (Lipinski definition) is 0. The zero-order valence-electron chi connectivity index (χ0n) is 18.7. The minimum absolute atomic E-state index is 0.615. The smallest absolute Gasteiger partial charge is 0.236 e. The Morgan fingerprint density at radius 3 is 2.61 bits per heavy atom. The van der Waals surface area contributed by atoms with Crippen molar-refractivity contribution in [1.29, 1.82) is 0 Å². The second-order valence-corrected chi connectivity index (χ2v) is 7.90. The molecule has 142 valence electrons. The van der Waals surface area contributed by atoms with Crippen LogP contribution in [0.2, 0.25) is 0 Å². The molecule has 0 bridgehead atoms. The van der Waals surface area contributed by atoms with Crippen LogP contribution in [0.3, 0.4) is 0 Å². The lowest BCUT2D eigenvalue weighted by molar-refractivity contribution is -0.664. The Balaban J connectivity index is 2.15. The molecule has 4 aromatic rings. The van der Waals surface area contributed by atoms with Gasteiger partial charge in [-0.15, -0.1) is 0 Å². The molecule has 0 unspecified atom stereocenters. The van der Waals surface area contributed by atoms with Gasteiger partial charge in [0.05, 0.1) is 18.6 Å². The minimum Gasteiger partial charge on any atom is -0.236 e. The molecule has 4 rings (SSSR count). The average molecular weight is 371 g/mol. The zero-order chi connectivity index (χ0) is 20.9. The monoisotopic (exact) mass is 370 g/mol. The van der Waals surface area contributed by atoms with Gasteiger partial charge >= 0.3 is 0 Å². The van der Waals surface area contributed by atoms with Gasteiger partial charge in [0.2, 0.25) is 0 Å². The van der Waals surface area contributed by atoms with Gasteiger partial charge < -0.3 is 0 Å². The van der Waals surface area contributed by atoms with E-state index in [2.05, 4.69) is 97.8 Å². The van der Waals surface area contributed by atoms with Crippen LogP contribution in [-0.4, -0.2) is 4.57 Å². The number of pyridine rings is 1. The highest BCUT2D eigenvalue weighted by molar-refractivity contribution is 5.94. The Labute approximate surface area is 169 Å². The van der Waals surface area contributed by atoms with Crippen molar-refractivity contribution in [3.63, 3.8) is 0 Å². The molecular formula is C26H29N2+. The summed E-state index contributed by atoms with van der Waals surface area (Å²) in [5, 5.41) is 3.60. The molecule has 0 saturated carbocycles. The van der Waals surface area contributed by atoms with Crippen molar-refractivity contribution in [3.05, 3.63) is 77.6 Å². The van der Waals surface area contributed by atoms with Gasteiger partial charge in [0.1, 0.15) is 11.2 Å². The lowest BCUT2D eigenvalue weighted by Crippen LogP contribution is -2.34. The third-order valence-corrected chi connectivity index (χ3v) is 5.76. The van der Waals surface area contributed by atoms with Crippen LogP contribution in [0.1, 0.15) is 51.8 Å². The summed E-state index contributed by atoms with van der Waals surface area (Å²) in [6.45, 7) is 10.3. The van der Waals surface area contributed by atoms with Crippen molar-refractivity contribution >= 4 is 27.2 Å². The van der Waals surface area contributed by atoms with Crippen molar-refractivity contribution in [2.75, 3.05) is 0 Å². The SMILES string of the molecule is [2H]C(C)(C)c1ccc2c(-n3c(C(C)=CC)cc4cccc(C)c43)[n+](C)ccc2c1. The third kappa shape index (κ3) is 2.84.